The first-order valence-corrected chi connectivity index (χ1v) is 7.13. The standard InChI is InChI=1S/C14H21N3O2/c1-4-18-5-2-11(1)8-15-14-7-13(16-10-17-14)12-3-6-19-9-12/h7,10-12H,1-6,8-9H2,(H,15,16,17)/t12-/m1/s1. The van der Waals surface area contributed by atoms with Gasteiger partial charge in [-0.2, -0.15) is 0 Å². The average molecular weight is 263 g/mol. The molecule has 2 fully saturated rings. The van der Waals surface area contributed by atoms with Gasteiger partial charge in [-0.05, 0) is 25.2 Å². The van der Waals surface area contributed by atoms with Crippen molar-refractivity contribution in [1.29, 1.82) is 0 Å². The zero-order valence-corrected chi connectivity index (χ0v) is 11.2. The van der Waals surface area contributed by atoms with Gasteiger partial charge in [-0.3, -0.25) is 0 Å². The number of hydrogen-bond acceptors (Lipinski definition) is 5. The van der Waals surface area contributed by atoms with E-state index in [2.05, 4.69) is 21.4 Å². The van der Waals surface area contributed by atoms with Gasteiger partial charge in [0.1, 0.15) is 12.1 Å². The minimum absolute atomic E-state index is 0.437. The molecule has 1 aromatic rings. The molecular weight excluding hydrogens is 242 g/mol. The Morgan fingerprint density at radius 1 is 1.11 bits per heavy atom. The summed E-state index contributed by atoms with van der Waals surface area (Å²) in [5.74, 6) is 2.07. The monoisotopic (exact) mass is 263 g/mol. The highest BCUT2D eigenvalue weighted by Gasteiger charge is 2.19. The van der Waals surface area contributed by atoms with E-state index in [0.29, 0.717) is 11.8 Å². The molecule has 0 amide bonds. The smallest absolute Gasteiger partial charge is 0.129 e. The van der Waals surface area contributed by atoms with E-state index in [1.54, 1.807) is 6.33 Å². The maximum atomic E-state index is 5.41. The molecule has 0 bridgehead atoms. The molecule has 3 rings (SSSR count). The van der Waals surface area contributed by atoms with Crippen LogP contribution in [0, 0.1) is 5.92 Å². The van der Waals surface area contributed by atoms with Crippen LogP contribution in [0.15, 0.2) is 12.4 Å². The third kappa shape index (κ3) is 3.42. The van der Waals surface area contributed by atoms with Gasteiger partial charge in [0.2, 0.25) is 0 Å². The highest BCUT2D eigenvalue weighted by molar-refractivity contribution is 5.36. The summed E-state index contributed by atoms with van der Waals surface area (Å²) < 4.78 is 10.8. The molecule has 5 heteroatoms. The van der Waals surface area contributed by atoms with Gasteiger partial charge < -0.3 is 14.8 Å². The van der Waals surface area contributed by atoms with E-state index in [9.17, 15) is 0 Å². The maximum Gasteiger partial charge on any atom is 0.129 e. The van der Waals surface area contributed by atoms with Crippen LogP contribution in [0.25, 0.3) is 0 Å². The van der Waals surface area contributed by atoms with Crippen LogP contribution in [0.4, 0.5) is 5.82 Å². The van der Waals surface area contributed by atoms with Crippen LogP contribution in [-0.4, -0.2) is 42.9 Å². The predicted octanol–water partition coefficient (Wildman–Crippen LogP) is 1.82. The number of rotatable bonds is 4. The molecule has 2 saturated heterocycles. The fourth-order valence-electron chi connectivity index (χ4n) is 2.66. The molecule has 2 aliphatic heterocycles. The Bertz CT molecular complexity index is 401. The van der Waals surface area contributed by atoms with Gasteiger partial charge in [-0.1, -0.05) is 0 Å². The van der Waals surface area contributed by atoms with Crippen LogP contribution >= 0.6 is 0 Å². The minimum atomic E-state index is 0.437. The summed E-state index contributed by atoms with van der Waals surface area (Å²) in [6.45, 7) is 4.39. The van der Waals surface area contributed by atoms with Crippen molar-refractivity contribution in [3.8, 4) is 0 Å². The van der Waals surface area contributed by atoms with E-state index < -0.39 is 0 Å². The largest absolute Gasteiger partial charge is 0.381 e. The molecule has 0 aromatic carbocycles. The number of nitrogens with one attached hydrogen (secondary N) is 1. The Balaban J connectivity index is 1.56. The van der Waals surface area contributed by atoms with E-state index in [1.165, 1.54) is 0 Å². The fraction of sp³-hybridized carbons (Fsp3) is 0.714. The summed E-state index contributed by atoms with van der Waals surface area (Å²) >= 11 is 0. The quantitative estimate of drug-likeness (QED) is 0.898. The van der Waals surface area contributed by atoms with Crippen molar-refractivity contribution in [3.05, 3.63) is 18.1 Å². The zero-order valence-electron chi connectivity index (χ0n) is 11.2. The van der Waals surface area contributed by atoms with Gasteiger partial charge in [0.25, 0.3) is 0 Å². The van der Waals surface area contributed by atoms with Crippen molar-refractivity contribution in [2.45, 2.75) is 25.2 Å². The van der Waals surface area contributed by atoms with Crippen molar-refractivity contribution < 1.29 is 9.47 Å². The molecule has 1 atom stereocenters. The predicted molar refractivity (Wildman–Crippen MR) is 72.2 cm³/mol. The summed E-state index contributed by atoms with van der Waals surface area (Å²) in [6, 6.07) is 2.07. The van der Waals surface area contributed by atoms with Gasteiger partial charge in [0, 0.05) is 38.3 Å². The summed E-state index contributed by atoms with van der Waals surface area (Å²) in [7, 11) is 0. The van der Waals surface area contributed by atoms with E-state index in [-0.39, 0.29) is 0 Å². The van der Waals surface area contributed by atoms with Crippen molar-refractivity contribution >= 4 is 5.82 Å². The van der Waals surface area contributed by atoms with Crippen LogP contribution in [0.5, 0.6) is 0 Å². The number of hydrogen-bond donors (Lipinski definition) is 1. The maximum absolute atomic E-state index is 5.41. The molecule has 104 valence electrons. The minimum Gasteiger partial charge on any atom is -0.381 e. The highest BCUT2D eigenvalue weighted by atomic mass is 16.5. The molecule has 0 radical (unpaired) electrons. The average Bonchev–Trinajstić information content (AvgIpc) is 3.01. The summed E-state index contributed by atoms with van der Waals surface area (Å²) in [5, 5.41) is 3.43. The molecule has 0 saturated carbocycles. The Morgan fingerprint density at radius 3 is 2.74 bits per heavy atom. The topological polar surface area (TPSA) is 56.3 Å². The summed E-state index contributed by atoms with van der Waals surface area (Å²) in [4.78, 5) is 8.67. The van der Waals surface area contributed by atoms with Crippen LogP contribution < -0.4 is 5.32 Å². The van der Waals surface area contributed by atoms with E-state index >= 15 is 0 Å². The second-order valence-corrected chi connectivity index (χ2v) is 5.33. The Hall–Kier alpha value is -1.20. The molecule has 0 spiro atoms. The molecule has 0 aliphatic carbocycles. The van der Waals surface area contributed by atoms with Gasteiger partial charge in [0.05, 0.1) is 12.3 Å². The molecule has 5 nitrogen and oxygen atoms in total. The van der Waals surface area contributed by atoms with E-state index in [1.807, 2.05) is 0 Å². The van der Waals surface area contributed by atoms with Gasteiger partial charge >= 0.3 is 0 Å². The normalized spacial score (nSPS) is 24.5. The highest BCUT2D eigenvalue weighted by Crippen LogP contribution is 2.24. The Labute approximate surface area is 113 Å². The molecule has 2 aliphatic rings. The Morgan fingerprint density at radius 2 is 1.95 bits per heavy atom. The first-order valence-electron chi connectivity index (χ1n) is 7.13. The lowest BCUT2D eigenvalue weighted by molar-refractivity contribution is 0.0699. The number of nitrogens with zero attached hydrogens (tertiary/aromatic N) is 2. The van der Waals surface area contributed by atoms with Crippen molar-refractivity contribution in [3.63, 3.8) is 0 Å². The lowest BCUT2D eigenvalue weighted by atomic mass is 10.0. The second-order valence-electron chi connectivity index (χ2n) is 5.33. The van der Waals surface area contributed by atoms with E-state index in [4.69, 9.17) is 9.47 Å². The van der Waals surface area contributed by atoms with Gasteiger partial charge in [0.15, 0.2) is 0 Å². The number of ether oxygens (including phenoxy) is 2. The van der Waals surface area contributed by atoms with Crippen LogP contribution in [0.1, 0.15) is 30.9 Å². The summed E-state index contributed by atoms with van der Waals surface area (Å²) in [6.07, 6.45) is 5.00. The third-order valence-corrected chi connectivity index (χ3v) is 3.95. The number of anilines is 1. The summed E-state index contributed by atoms with van der Waals surface area (Å²) in [5.41, 5.74) is 1.10. The molecule has 0 unspecified atom stereocenters. The first-order chi connectivity index (χ1) is 9.42. The lowest BCUT2D eigenvalue weighted by Crippen LogP contribution is -2.23. The SMILES string of the molecule is c1nc(NCC2CCOCC2)cc([C@@H]2CCOC2)n1. The Kier molecular flexibility index (Phi) is 4.25. The third-order valence-electron chi connectivity index (χ3n) is 3.95. The van der Waals surface area contributed by atoms with Crippen molar-refractivity contribution in [1.82, 2.24) is 9.97 Å². The second kappa shape index (κ2) is 6.30. The molecule has 3 heterocycles. The fourth-order valence-corrected chi connectivity index (χ4v) is 2.66. The molecule has 1 N–H and O–H groups in total. The number of aromatic nitrogens is 2. The van der Waals surface area contributed by atoms with Crippen molar-refractivity contribution in [2.24, 2.45) is 5.92 Å². The molecule has 19 heavy (non-hydrogen) atoms. The molecular formula is C14H21N3O2. The zero-order chi connectivity index (χ0) is 12.9. The van der Waals surface area contributed by atoms with Gasteiger partial charge in [-0.15, -0.1) is 0 Å². The lowest BCUT2D eigenvalue weighted by Gasteiger charge is -2.22. The van der Waals surface area contributed by atoms with Gasteiger partial charge in [-0.25, -0.2) is 9.97 Å². The first kappa shape index (κ1) is 12.8. The van der Waals surface area contributed by atoms with Crippen LogP contribution in [-0.2, 0) is 9.47 Å². The molecule has 1 aromatic heterocycles. The van der Waals surface area contributed by atoms with E-state index in [0.717, 1.165) is 63.7 Å². The van der Waals surface area contributed by atoms with Crippen LogP contribution in [0.3, 0.4) is 0 Å². The van der Waals surface area contributed by atoms with Crippen molar-refractivity contribution in [2.75, 3.05) is 38.3 Å². The van der Waals surface area contributed by atoms with Crippen LogP contribution in [0.2, 0.25) is 0 Å².